The standard InChI is InChI=1S/C11H13Br2FO/c1-15-8-11(6-12,7-13)9-4-2-3-5-10(9)14/h2-5H,6-8H2,1H3. The summed E-state index contributed by atoms with van der Waals surface area (Å²) in [6.45, 7) is 0.477. The van der Waals surface area contributed by atoms with E-state index < -0.39 is 0 Å². The van der Waals surface area contributed by atoms with Crippen molar-refractivity contribution < 1.29 is 9.13 Å². The lowest BCUT2D eigenvalue weighted by Crippen LogP contribution is -2.36. The smallest absolute Gasteiger partial charge is 0.127 e. The highest BCUT2D eigenvalue weighted by molar-refractivity contribution is 9.09. The van der Waals surface area contributed by atoms with Crippen LogP contribution in [0, 0.1) is 5.82 Å². The van der Waals surface area contributed by atoms with Gasteiger partial charge in [0, 0.05) is 23.2 Å². The molecule has 0 aliphatic heterocycles. The van der Waals surface area contributed by atoms with Crippen LogP contribution in [0.2, 0.25) is 0 Å². The van der Waals surface area contributed by atoms with Gasteiger partial charge in [0.1, 0.15) is 5.82 Å². The molecule has 1 rings (SSSR count). The average molecular weight is 340 g/mol. The van der Waals surface area contributed by atoms with Crippen molar-refractivity contribution in [1.82, 2.24) is 0 Å². The van der Waals surface area contributed by atoms with E-state index >= 15 is 0 Å². The lowest BCUT2D eigenvalue weighted by Gasteiger charge is -2.30. The van der Waals surface area contributed by atoms with Gasteiger partial charge >= 0.3 is 0 Å². The molecule has 0 saturated carbocycles. The molecule has 1 aromatic rings. The zero-order chi connectivity index (χ0) is 11.3. The topological polar surface area (TPSA) is 9.23 Å². The van der Waals surface area contributed by atoms with Gasteiger partial charge in [-0.25, -0.2) is 4.39 Å². The first-order valence-electron chi connectivity index (χ1n) is 4.56. The van der Waals surface area contributed by atoms with E-state index in [1.54, 1.807) is 19.2 Å². The number of hydrogen-bond donors (Lipinski definition) is 0. The fourth-order valence-corrected chi connectivity index (χ4v) is 3.36. The van der Waals surface area contributed by atoms with Crippen LogP contribution in [-0.4, -0.2) is 24.4 Å². The Balaban J connectivity index is 3.13. The Bertz CT molecular complexity index is 313. The van der Waals surface area contributed by atoms with Crippen LogP contribution in [0.15, 0.2) is 24.3 Å². The Morgan fingerprint density at radius 3 is 2.33 bits per heavy atom. The molecule has 0 aliphatic carbocycles. The van der Waals surface area contributed by atoms with Crippen LogP contribution < -0.4 is 0 Å². The minimum absolute atomic E-state index is 0.187. The van der Waals surface area contributed by atoms with Crippen molar-refractivity contribution in [3.05, 3.63) is 35.6 Å². The van der Waals surface area contributed by atoms with Gasteiger partial charge in [0.2, 0.25) is 0 Å². The number of hydrogen-bond acceptors (Lipinski definition) is 1. The molecule has 0 amide bonds. The van der Waals surface area contributed by atoms with Crippen LogP contribution in [-0.2, 0) is 10.2 Å². The summed E-state index contributed by atoms with van der Waals surface area (Å²) in [4.78, 5) is 0. The van der Waals surface area contributed by atoms with Gasteiger partial charge in [-0.3, -0.25) is 0 Å². The summed E-state index contributed by atoms with van der Waals surface area (Å²) < 4.78 is 18.9. The summed E-state index contributed by atoms with van der Waals surface area (Å²) in [6, 6.07) is 6.81. The SMILES string of the molecule is COCC(CBr)(CBr)c1ccccc1F. The third-order valence-corrected chi connectivity index (χ3v) is 4.52. The van der Waals surface area contributed by atoms with Gasteiger partial charge < -0.3 is 4.74 Å². The minimum Gasteiger partial charge on any atom is -0.384 e. The van der Waals surface area contributed by atoms with Crippen molar-refractivity contribution in [3.63, 3.8) is 0 Å². The molecule has 0 aromatic heterocycles. The monoisotopic (exact) mass is 338 g/mol. The van der Waals surface area contributed by atoms with E-state index in [1.165, 1.54) is 6.07 Å². The van der Waals surface area contributed by atoms with Crippen LogP contribution in [0.4, 0.5) is 4.39 Å². The molecule has 0 aliphatic rings. The van der Waals surface area contributed by atoms with Gasteiger partial charge in [-0.05, 0) is 11.6 Å². The summed E-state index contributed by atoms with van der Waals surface area (Å²) in [5.41, 5.74) is 0.334. The third-order valence-electron chi connectivity index (χ3n) is 2.38. The molecule has 84 valence electrons. The van der Waals surface area contributed by atoms with Crippen LogP contribution in [0.3, 0.4) is 0 Å². The zero-order valence-corrected chi connectivity index (χ0v) is 11.6. The van der Waals surface area contributed by atoms with Crippen LogP contribution in [0.5, 0.6) is 0 Å². The molecule has 1 aromatic carbocycles. The van der Waals surface area contributed by atoms with Gasteiger partial charge in [0.25, 0.3) is 0 Å². The van der Waals surface area contributed by atoms with Gasteiger partial charge in [-0.2, -0.15) is 0 Å². The highest BCUT2D eigenvalue weighted by Gasteiger charge is 2.32. The molecule has 0 saturated heterocycles. The Kier molecular flexibility index (Phi) is 5.23. The maximum absolute atomic E-state index is 13.7. The molecule has 15 heavy (non-hydrogen) atoms. The van der Waals surface area contributed by atoms with Crippen molar-refractivity contribution in [1.29, 1.82) is 0 Å². The first-order valence-corrected chi connectivity index (χ1v) is 6.80. The first kappa shape index (κ1) is 13.1. The molecule has 0 N–H and O–H groups in total. The molecule has 1 nitrogen and oxygen atoms in total. The van der Waals surface area contributed by atoms with Crippen molar-refractivity contribution in [2.45, 2.75) is 5.41 Å². The summed E-state index contributed by atoms with van der Waals surface area (Å²) in [5, 5.41) is 1.31. The highest BCUT2D eigenvalue weighted by Crippen LogP contribution is 2.31. The van der Waals surface area contributed by atoms with Gasteiger partial charge in [-0.1, -0.05) is 50.1 Å². The molecule has 0 heterocycles. The first-order chi connectivity index (χ1) is 7.20. The van der Waals surface area contributed by atoms with E-state index in [9.17, 15) is 4.39 Å². The molecular weight excluding hydrogens is 327 g/mol. The third kappa shape index (κ3) is 2.80. The van der Waals surface area contributed by atoms with Crippen LogP contribution in [0.25, 0.3) is 0 Å². The number of methoxy groups -OCH3 is 1. The van der Waals surface area contributed by atoms with Crippen molar-refractivity contribution in [2.75, 3.05) is 24.4 Å². The van der Waals surface area contributed by atoms with Crippen molar-refractivity contribution in [3.8, 4) is 0 Å². The summed E-state index contributed by atoms with van der Waals surface area (Å²) in [6.07, 6.45) is 0. The molecular formula is C11H13Br2FO. The van der Waals surface area contributed by atoms with E-state index in [1.807, 2.05) is 6.07 Å². The second kappa shape index (κ2) is 5.97. The molecule has 0 radical (unpaired) electrons. The summed E-state index contributed by atoms with van der Waals surface area (Å²) >= 11 is 6.86. The number of benzene rings is 1. The molecule has 0 fully saturated rings. The quantitative estimate of drug-likeness (QED) is 0.746. The fraction of sp³-hybridized carbons (Fsp3) is 0.455. The number of alkyl halides is 2. The van der Waals surface area contributed by atoms with Crippen LogP contribution >= 0.6 is 31.9 Å². The maximum atomic E-state index is 13.7. The van der Waals surface area contributed by atoms with E-state index in [0.717, 1.165) is 0 Å². The number of rotatable bonds is 5. The van der Waals surface area contributed by atoms with Gasteiger partial charge in [0.15, 0.2) is 0 Å². The van der Waals surface area contributed by atoms with Crippen molar-refractivity contribution in [2.24, 2.45) is 0 Å². The molecule has 0 spiro atoms. The number of ether oxygens (including phenoxy) is 1. The Morgan fingerprint density at radius 2 is 1.87 bits per heavy atom. The Labute approximate surface area is 106 Å². The van der Waals surface area contributed by atoms with E-state index in [2.05, 4.69) is 31.9 Å². The van der Waals surface area contributed by atoms with E-state index in [-0.39, 0.29) is 11.2 Å². The normalized spacial score (nSPS) is 11.7. The highest BCUT2D eigenvalue weighted by atomic mass is 79.9. The van der Waals surface area contributed by atoms with Gasteiger partial charge in [-0.15, -0.1) is 0 Å². The predicted molar refractivity (Wildman–Crippen MR) is 67.5 cm³/mol. The second-order valence-electron chi connectivity index (χ2n) is 3.46. The van der Waals surface area contributed by atoms with E-state index in [0.29, 0.717) is 22.8 Å². The summed E-state index contributed by atoms with van der Waals surface area (Å²) in [7, 11) is 1.63. The lowest BCUT2D eigenvalue weighted by atomic mass is 9.85. The number of halogens is 3. The molecule has 0 unspecified atom stereocenters. The predicted octanol–water partition coefficient (Wildman–Crippen LogP) is 3.50. The van der Waals surface area contributed by atoms with E-state index in [4.69, 9.17) is 4.74 Å². The molecule has 0 atom stereocenters. The van der Waals surface area contributed by atoms with Gasteiger partial charge in [0.05, 0.1) is 6.61 Å². The Hall–Kier alpha value is 0.0700. The van der Waals surface area contributed by atoms with Crippen molar-refractivity contribution >= 4 is 31.9 Å². The zero-order valence-electron chi connectivity index (χ0n) is 8.47. The Morgan fingerprint density at radius 1 is 1.27 bits per heavy atom. The largest absolute Gasteiger partial charge is 0.384 e. The lowest BCUT2D eigenvalue weighted by molar-refractivity contribution is 0.150. The maximum Gasteiger partial charge on any atom is 0.127 e. The minimum atomic E-state index is -0.347. The fourth-order valence-electron chi connectivity index (χ4n) is 1.50. The summed E-state index contributed by atoms with van der Waals surface area (Å²) in [5.74, 6) is -0.187. The molecule has 0 bridgehead atoms. The van der Waals surface area contributed by atoms with Crippen LogP contribution in [0.1, 0.15) is 5.56 Å². The second-order valence-corrected chi connectivity index (χ2v) is 4.58. The molecule has 4 heteroatoms. The average Bonchev–Trinajstić information content (AvgIpc) is 2.27.